The Morgan fingerprint density at radius 1 is 1.37 bits per heavy atom. The molecule has 0 aromatic rings. The summed E-state index contributed by atoms with van der Waals surface area (Å²) in [6.45, 7) is 2.80. The molecule has 1 aliphatic carbocycles. The van der Waals surface area contributed by atoms with Crippen molar-refractivity contribution in [3.05, 3.63) is 0 Å². The van der Waals surface area contributed by atoms with Crippen LogP contribution < -0.4 is 22.1 Å². The molecule has 1 fully saturated rings. The molecule has 0 radical (unpaired) electrons. The Morgan fingerprint density at radius 2 is 2.00 bits per heavy atom. The number of hydrogen-bond acceptors (Lipinski definition) is 4. The van der Waals surface area contributed by atoms with E-state index in [1.54, 1.807) is 7.05 Å². The highest BCUT2D eigenvalue weighted by molar-refractivity contribution is 5.86. The maximum absolute atomic E-state index is 11.9. The largest absolute Gasteiger partial charge is 0.368 e. The lowest BCUT2D eigenvalue weighted by molar-refractivity contribution is -0.126. The number of nitrogens with two attached hydrogens (primary N) is 2. The van der Waals surface area contributed by atoms with Crippen molar-refractivity contribution in [3.63, 3.8) is 0 Å². The minimum Gasteiger partial charge on any atom is -0.368 e. The number of amides is 2. The second kappa shape index (κ2) is 6.86. The van der Waals surface area contributed by atoms with Gasteiger partial charge in [-0.3, -0.25) is 9.59 Å². The average molecular weight is 270 g/mol. The molecule has 2 amide bonds. The summed E-state index contributed by atoms with van der Waals surface area (Å²) in [4.78, 5) is 23.1. The summed E-state index contributed by atoms with van der Waals surface area (Å²) in [5, 5.41) is 6.18. The molecule has 2 atom stereocenters. The zero-order valence-corrected chi connectivity index (χ0v) is 11.9. The standard InChI is InChI=1S/C13H26N4O2/c1-3-8-17-13(12(15)19,9-4-5-9)7-6-10(16-2)11(14)18/h9-10,16-17H,3-8H2,1-2H3,(H2,14,18)(H2,15,19). The van der Waals surface area contributed by atoms with Crippen molar-refractivity contribution in [2.24, 2.45) is 17.4 Å². The van der Waals surface area contributed by atoms with E-state index in [9.17, 15) is 9.59 Å². The summed E-state index contributed by atoms with van der Waals surface area (Å²) < 4.78 is 0. The van der Waals surface area contributed by atoms with Crippen LogP contribution in [0.15, 0.2) is 0 Å². The molecule has 1 rings (SSSR count). The smallest absolute Gasteiger partial charge is 0.238 e. The van der Waals surface area contributed by atoms with Crippen molar-refractivity contribution < 1.29 is 9.59 Å². The van der Waals surface area contributed by atoms with Crippen LogP contribution in [0.25, 0.3) is 0 Å². The number of carbonyl (C=O) groups is 2. The Bertz CT molecular complexity index is 331. The first kappa shape index (κ1) is 15.9. The normalized spacial score (nSPS) is 19.7. The Hall–Kier alpha value is -1.14. The van der Waals surface area contributed by atoms with Crippen LogP contribution >= 0.6 is 0 Å². The molecule has 6 heteroatoms. The fourth-order valence-corrected chi connectivity index (χ4v) is 2.57. The number of primary amides is 2. The Labute approximate surface area is 114 Å². The van der Waals surface area contributed by atoms with Gasteiger partial charge < -0.3 is 22.1 Å². The minimum atomic E-state index is -0.680. The van der Waals surface area contributed by atoms with E-state index in [2.05, 4.69) is 10.6 Å². The van der Waals surface area contributed by atoms with Crippen molar-refractivity contribution in [1.82, 2.24) is 10.6 Å². The molecule has 0 bridgehead atoms. The van der Waals surface area contributed by atoms with E-state index in [0.717, 1.165) is 25.8 Å². The summed E-state index contributed by atoms with van der Waals surface area (Å²) in [6.07, 6.45) is 4.03. The van der Waals surface area contributed by atoms with E-state index in [-0.39, 0.29) is 5.91 Å². The molecule has 110 valence electrons. The van der Waals surface area contributed by atoms with Crippen LogP contribution in [0.2, 0.25) is 0 Å². The molecular formula is C13H26N4O2. The van der Waals surface area contributed by atoms with Crippen LogP contribution in [0.4, 0.5) is 0 Å². The molecule has 0 saturated heterocycles. The van der Waals surface area contributed by atoms with Crippen molar-refractivity contribution in [1.29, 1.82) is 0 Å². The second-order valence-corrected chi connectivity index (χ2v) is 5.32. The van der Waals surface area contributed by atoms with Gasteiger partial charge in [-0.2, -0.15) is 0 Å². The minimum absolute atomic E-state index is 0.293. The van der Waals surface area contributed by atoms with Gasteiger partial charge in [0.05, 0.1) is 6.04 Å². The van der Waals surface area contributed by atoms with Crippen molar-refractivity contribution in [2.75, 3.05) is 13.6 Å². The van der Waals surface area contributed by atoms with Crippen LogP contribution in [-0.4, -0.2) is 37.0 Å². The molecule has 19 heavy (non-hydrogen) atoms. The highest BCUT2D eigenvalue weighted by Gasteiger charge is 2.49. The van der Waals surface area contributed by atoms with E-state index >= 15 is 0 Å². The van der Waals surface area contributed by atoms with Crippen LogP contribution in [0, 0.1) is 5.92 Å². The molecule has 2 unspecified atom stereocenters. The van der Waals surface area contributed by atoms with Gasteiger partial charge in [-0.15, -0.1) is 0 Å². The zero-order valence-electron chi connectivity index (χ0n) is 11.9. The van der Waals surface area contributed by atoms with Crippen molar-refractivity contribution in [2.45, 2.75) is 50.6 Å². The van der Waals surface area contributed by atoms with E-state index in [4.69, 9.17) is 11.5 Å². The number of rotatable bonds is 10. The van der Waals surface area contributed by atoms with Gasteiger partial charge in [-0.1, -0.05) is 6.92 Å². The van der Waals surface area contributed by atoms with Crippen LogP contribution in [0.3, 0.4) is 0 Å². The predicted octanol–water partition coefficient (Wildman–Crippen LogP) is -0.526. The monoisotopic (exact) mass is 270 g/mol. The highest BCUT2D eigenvalue weighted by Crippen LogP contribution is 2.42. The van der Waals surface area contributed by atoms with Crippen molar-refractivity contribution >= 4 is 11.8 Å². The lowest BCUT2D eigenvalue weighted by Gasteiger charge is -2.33. The average Bonchev–Trinajstić information content (AvgIpc) is 3.17. The molecule has 0 heterocycles. The SMILES string of the molecule is CCCNC(CCC(NC)C(N)=O)(C(N)=O)C1CC1. The summed E-state index contributed by atoms with van der Waals surface area (Å²) in [5.41, 5.74) is 10.2. The fourth-order valence-electron chi connectivity index (χ4n) is 2.57. The zero-order chi connectivity index (χ0) is 14.5. The molecule has 0 aromatic heterocycles. The third-order valence-corrected chi connectivity index (χ3v) is 3.92. The number of likely N-dealkylation sites (N-methyl/N-ethyl adjacent to an activating group) is 1. The lowest BCUT2D eigenvalue weighted by atomic mass is 9.85. The Kier molecular flexibility index (Phi) is 5.75. The van der Waals surface area contributed by atoms with Gasteiger partial charge in [-0.05, 0) is 51.6 Å². The van der Waals surface area contributed by atoms with Gasteiger partial charge in [-0.25, -0.2) is 0 Å². The van der Waals surface area contributed by atoms with E-state index < -0.39 is 17.5 Å². The second-order valence-electron chi connectivity index (χ2n) is 5.32. The maximum atomic E-state index is 11.9. The molecule has 0 aromatic carbocycles. The highest BCUT2D eigenvalue weighted by atomic mass is 16.2. The van der Waals surface area contributed by atoms with Gasteiger partial charge in [0.25, 0.3) is 0 Å². The first-order valence-corrected chi connectivity index (χ1v) is 6.99. The molecule has 0 spiro atoms. The van der Waals surface area contributed by atoms with Gasteiger partial charge in [0.1, 0.15) is 5.54 Å². The van der Waals surface area contributed by atoms with Gasteiger partial charge in [0.15, 0.2) is 0 Å². The third kappa shape index (κ3) is 3.91. The molecular weight excluding hydrogens is 244 g/mol. The van der Waals surface area contributed by atoms with E-state index in [0.29, 0.717) is 18.8 Å². The van der Waals surface area contributed by atoms with Crippen molar-refractivity contribution in [3.8, 4) is 0 Å². The predicted molar refractivity (Wildman–Crippen MR) is 74.2 cm³/mol. The molecule has 6 N–H and O–H groups in total. The lowest BCUT2D eigenvalue weighted by Crippen LogP contribution is -2.58. The van der Waals surface area contributed by atoms with Crippen LogP contribution in [0.1, 0.15) is 39.0 Å². The number of nitrogens with one attached hydrogen (secondary N) is 2. The summed E-state index contributed by atoms with van der Waals surface area (Å²) >= 11 is 0. The summed E-state index contributed by atoms with van der Waals surface area (Å²) in [7, 11) is 1.69. The van der Waals surface area contributed by atoms with Gasteiger partial charge >= 0.3 is 0 Å². The number of carbonyl (C=O) groups excluding carboxylic acids is 2. The molecule has 0 aliphatic heterocycles. The van der Waals surface area contributed by atoms with Crippen LogP contribution in [-0.2, 0) is 9.59 Å². The third-order valence-electron chi connectivity index (χ3n) is 3.92. The molecule has 1 aliphatic rings. The van der Waals surface area contributed by atoms with E-state index in [1.807, 2.05) is 6.92 Å². The summed E-state index contributed by atoms with van der Waals surface area (Å²) in [6, 6.07) is -0.416. The summed E-state index contributed by atoms with van der Waals surface area (Å²) in [5.74, 6) is -0.420. The molecule has 1 saturated carbocycles. The van der Waals surface area contributed by atoms with Crippen LogP contribution in [0.5, 0.6) is 0 Å². The van der Waals surface area contributed by atoms with Gasteiger partial charge in [0.2, 0.25) is 11.8 Å². The first-order chi connectivity index (χ1) is 8.97. The maximum Gasteiger partial charge on any atom is 0.238 e. The first-order valence-electron chi connectivity index (χ1n) is 6.99. The fraction of sp³-hybridized carbons (Fsp3) is 0.846. The Balaban J connectivity index is 2.72. The van der Waals surface area contributed by atoms with Gasteiger partial charge in [0, 0.05) is 0 Å². The topological polar surface area (TPSA) is 110 Å². The molecule has 6 nitrogen and oxygen atoms in total. The quantitative estimate of drug-likeness (QED) is 0.428. The Morgan fingerprint density at radius 3 is 2.37 bits per heavy atom. The number of hydrogen-bond donors (Lipinski definition) is 4. The van der Waals surface area contributed by atoms with E-state index in [1.165, 1.54) is 0 Å².